The largest absolute Gasteiger partial charge is 0.381 e. The van der Waals surface area contributed by atoms with Crippen molar-refractivity contribution in [1.82, 2.24) is 9.80 Å². The van der Waals surface area contributed by atoms with Crippen LogP contribution in [0.15, 0.2) is 24.3 Å². The molecule has 0 spiro atoms. The van der Waals surface area contributed by atoms with Gasteiger partial charge in [0.2, 0.25) is 5.91 Å². The van der Waals surface area contributed by atoms with E-state index in [9.17, 15) is 14.0 Å². The minimum absolute atomic E-state index is 0.0348. The lowest BCUT2D eigenvalue weighted by Gasteiger charge is -2.38. The maximum Gasteiger partial charge on any atom is 0.321 e. The molecule has 2 saturated heterocycles. The number of ether oxygens (including phenoxy) is 1. The first-order valence-corrected chi connectivity index (χ1v) is 9.84. The minimum atomic E-state index is -0.450. The monoisotopic (exact) mass is 375 g/mol. The van der Waals surface area contributed by atoms with E-state index in [-0.39, 0.29) is 35.6 Å². The number of likely N-dealkylation sites (tertiary alicyclic amines) is 1. The fourth-order valence-electron chi connectivity index (χ4n) is 4.07. The van der Waals surface area contributed by atoms with Gasteiger partial charge in [0.05, 0.1) is 11.7 Å². The van der Waals surface area contributed by atoms with Gasteiger partial charge in [-0.05, 0) is 44.2 Å². The first-order chi connectivity index (χ1) is 13.1. The molecule has 0 aromatic heterocycles. The highest BCUT2D eigenvalue weighted by atomic mass is 19.1. The number of carbonyl (C=O) groups is 2. The first-order valence-electron chi connectivity index (χ1n) is 9.84. The molecule has 1 aromatic rings. The lowest BCUT2D eigenvalue weighted by atomic mass is 10.0. The SMILES string of the molecule is O=C(Nc1ccccc1F)N1CCC(N(C(=O)C2CC2)C2CCOCC2)C1. The molecule has 3 amide bonds. The van der Waals surface area contributed by atoms with Crippen LogP contribution in [0.1, 0.15) is 32.1 Å². The lowest BCUT2D eigenvalue weighted by molar-refractivity contribution is -0.139. The van der Waals surface area contributed by atoms with Gasteiger partial charge in [-0.2, -0.15) is 0 Å². The average Bonchev–Trinajstić information content (AvgIpc) is 3.43. The Balaban J connectivity index is 1.42. The molecule has 0 radical (unpaired) electrons. The highest BCUT2D eigenvalue weighted by Crippen LogP contribution is 2.35. The number of para-hydroxylation sites is 1. The zero-order valence-corrected chi connectivity index (χ0v) is 15.4. The molecule has 3 fully saturated rings. The van der Waals surface area contributed by atoms with Gasteiger partial charge < -0.3 is 19.9 Å². The third kappa shape index (κ3) is 4.08. The fourth-order valence-corrected chi connectivity index (χ4v) is 4.07. The lowest BCUT2D eigenvalue weighted by Crippen LogP contribution is -2.51. The van der Waals surface area contributed by atoms with Crippen LogP contribution >= 0.6 is 0 Å². The van der Waals surface area contributed by atoms with E-state index in [1.807, 2.05) is 0 Å². The van der Waals surface area contributed by atoms with Gasteiger partial charge in [0, 0.05) is 38.3 Å². The Bertz CT molecular complexity index is 703. The quantitative estimate of drug-likeness (QED) is 0.880. The molecule has 7 heteroatoms. The van der Waals surface area contributed by atoms with E-state index in [1.54, 1.807) is 23.1 Å². The molecule has 1 atom stereocenters. The molecule has 1 aliphatic carbocycles. The summed E-state index contributed by atoms with van der Waals surface area (Å²) >= 11 is 0. The van der Waals surface area contributed by atoms with Crippen molar-refractivity contribution in [2.24, 2.45) is 5.92 Å². The normalized spacial score (nSPS) is 23.3. The summed E-state index contributed by atoms with van der Waals surface area (Å²) in [6, 6.07) is 6.07. The Labute approximate surface area is 158 Å². The van der Waals surface area contributed by atoms with Crippen LogP contribution in [-0.2, 0) is 9.53 Å². The van der Waals surface area contributed by atoms with E-state index in [2.05, 4.69) is 10.2 Å². The zero-order valence-electron chi connectivity index (χ0n) is 15.4. The van der Waals surface area contributed by atoms with Crippen LogP contribution in [0, 0.1) is 11.7 Å². The van der Waals surface area contributed by atoms with E-state index in [4.69, 9.17) is 4.74 Å². The molecule has 146 valence electrons. The van der Waals surface area contributed by atoms with E-state index in [0.29, 0.717) is 26.3 Å². The summed E-state index contributed by atoms with van der Waals surface area (Å²) in [6.07, 6.45) is 4.43. The Morgan fingerprint density at radius 3 is 2.52 bits per heavy atom. The predicted molar refractivity (Wildman–Crippen MR) is 98.8 cm³/mol. The minimum Gasteiger partial charge on any atom is -0.381 e. The molecule has 1 N–H and O–H groups in total. The van der Waals surface area contributed by atoms with Gasteiger partial charge in [-0.3, -0.25) is 4.79 Å². The van der Waals surface area contributed by atoms with Crippen molar-refractivity contribution in [1.29, 1.82) is 0 Å². The molecule has 0 bridgehead atoms. The van der Waals surface area contributed by atoms with Crippen LogP contribution < -0.4 is 5.32 Å². The molecule has 1 unspecified atom stereocenters. The zero-order chi connectivity index (χ0) is 18.8. The summed E-state index contributed by atoms with van der Waals surface area (Å²) in [4.78, 5) is 29.2. The highest BCUT2D eigenvalue weighted by Gasteiger charge is 2.42. The third-order valence-electron chi connectivity index (χ3n) is 5.72. The Kier molecular flexibility index (Phi) is 5.29. The van der Waals surface area contributed by atoms with Crippen LogP contribution in [-0.4, -0.2) is 60.1 Å². The highest BCUT2D eigenvalue weighted by molar-refractivity contribution is 5.89. The smallest absolute Gasteiger partial charge is 0.321 e. The van der Waals surface area contributed by atoms with Crippen molar-refractivity contribution in [3.8, 4) is 0 Å². The van der Waals surface area contributed by atoms with Crippen LogP contribution in [0.3, 0.4) is 0 Å². The molecule has 1 aromatic carbocycles. The van der Waals surface area contributed by atoms with E-state index < -0.39 is 5.82 Å². The van der Waals surface area contributed by atoms with Crippen molar-refractivity contribution in [3.63, 3.8) is 0 Å². The number of hydrogen-bond acceptors (Lipinski definition) is 3. The standard InChI is InChI=1S/C20H26FN3O3/c21-17-3-1-2-4-18(17)22-20(26)23-10-7-16(13-23)24(19(25)14-5-6-14)15-8-11-27-12-9-15/h1-4,14-16H,5-13H2,(H,22,26). The average molecular weight is 375 g/mol. The first kappa shape index (κ1) is 18.2. The number of urea groups is 1. The number of amides is 3. The second-order valence-corrected chi connectivity index (χ2v) is 7.66. The third-order valence-corrected chi connectivity index (χ3v) is 5.72. The van der Waals surface area contributed by atoms with E-state index in [1.165, 1.54) is 6.07 Å². The Morgan fingerprint density at radius 2 is 1.81 bits per heavy atom. The molecule has 6 nitrogen and oxygen atoms in total. The number of nitrogens with one attached hydrogen (secondary N) is 1. The van der Waals surface area contributed by atoms with Gasteiger partial charge >= 0.3 is 6.03 Å². The van der Waals surface area contributed by atoms with Crippen LogP contribution in [0.2, 0.25) is 0 Å². The summed E-state index contributed by atoms with van der Waals surface area (Å²) in [5.41, 5.74) is 0.182. The topological polar surface area (TPSA) is 61.9 Å². The molecule has 3 aliphatic rings. The van der Waals surface area contributed by atoms with Gasteiger partial charge in [0.15, 0.2) is 0 Å². The molecular formula is C20H26FN3O3. The number of benzene rings is 1. The molecule has 2 heterocycles. The van der Waals surface area contributed by atoms with E-state index >= 15 is 0 Å². The predicted octanol–water partition coefficient (Wildman–Crippen LogP) is 2.85. The van der Waals surface area contributed by atoms with Crippen LogP contribution in [0.4, 0.5) is 14.9 Å². The van der Waals surface area contributed by atoms with Crippen molar-refractivity contribution in [2.75, 3.05) is 31.6 Å². The number of nitrogens with zero attached hydrogens (tertiary/aromatic N) is 2. The maximum absolute atomic E-state index is 13.8. The van der Waals surface area contributed by atoms with Crippen molar-refractivity contribution in [3.05, 3.63) is 30.1 Å². The van der Waals surface area contributed by atoms with Crippen molar-refractivity contribution >= 4 is 17.6 Å². The van der Waals surface area contributed by atoms with Crippen molar-refractivity contribution in [2.45, 2.75) is 44.2 Å². The summed E-state index contributed by atoms with van der Waals surface area (Å²) in [6.45, 7) is 2.44. The fraction of sp³-hybridized carbons (Fsp3) is 0.600. The van der Waals surface area contributed by atoms with Crippen molar-refractivity contribution < 1.29 is 18.7 Å². The van der Waals surface area contributed by atoms with Gasteiger partial charge in [-0.1, -0.05) is 12.1 Å². The molecule has 2 aliphatic heterocycles. The summed E-state index contributed by atoms with van der Waals surface area (Å²) in [5, 5.41) is 2.64. The second kappa shape index (κ2) is 7.84. The summed E-state index contributed by atoms with van der Waals surface area (Å²) < 4.78 is 19.2. The van der Waals surface area contributed by atoms with Crippen LogP contribution in [0.5, 0.6) is 0 Å². The van der Waals surface area contributed by atoms with Gasteiger partial charge in [-0.25, -0.2) is 9.18 Å². The Morgan fingerprint density at radius 1 is 1.07 bits per heavy atom. The number of rotatable bonds is 4. The molecule has 4 rings (SSSR count). The number of carbonyl (C=O) groups excluding carboxylic acids is 2. The van der Waals surface area contributed by atoms with Gasteiger partial charge in [-0.15, -0.1) is 0 Å². The Hall–Kier alpha value is -2.15. The number of halogens is 1. The molecule has 27 heavy (non-hydrogen) atoms. The number of anilines is 1. The second-order valence-electron chi connectivity index (χ2n) is 7.66. The number of hydrogen-bond donors (Lipinski definition) is 1. The van der Waals surface area contributed by atoms with Crippen LogP contribution in [0.25, 0.3) is 0 Å². The van der Waals surface area contributed by atoms with Gasteiger partial charge in [0.25, 0.3) is 0 Å². The molecule has 1 saturated carbocycles. The summed E-state index contributed by atoms with van der Waals surface area (Å²) in [7, 11) is 0. The van der Waals surface area contributed by atoms with E-state index in [0.717, 1.165) is 32.1 Å². The molecular weight excluding hydrogens is 349 g/mol. The maximum atomic E-state index is 13.8. The van der Waals surface area contributed by atoms with Gasteiger partial charge in [0.1, 0.15) is 5.82 Å². The summed E-state index contributed by atoms with van der Waals surface area (Å²) in [5.74, 6) is -0.0493.